The Morgan fingerprint density at radius 1 is 1.07 bits per heavy atom. The van der Waals surface area contributed by atoms with Crippen molar-refractivity contribution in [1.29, 1.82) is 0 Å². The molecule has 0 bridgehead atoms. The summed E-state index contributed by atoms with van der Waals surface area (Å²) in [6, 6.07) is 13.3. The summed E-state index contributed by atoms with van der Waals surface area (Å²) in [5, 5.41) is 0. The van der Waals surface area contributed by atoms with Gasteiger partial charge in [-0.1, -0.05) is 30.3 Å². The number of carbonyl (C=O) groups excluding carboxylic acids is 1. The Bertz CT molecular complexity index is 851. The van der Waals surface area contributed by atoms with Crippen LogP contribution in [0.2, 0.25) is 0 Å². The van der Waals surface area contributed by atoms with Crippen molar-refractivity contribution < 1.29 is 13.2 Å². The van der Waals surface area contributed by atoms with Crippen LogP contribution in [0.3, 0.4) is 0 Å². The van der Waals surface area contributed by atoms with Crippen LogP contribution in [0.4, 0.5) is 0 Å². The molecule has 8 heteroatoms. The Hall–Kier alpha value is -2.29. The van der Waals surface area contributed by atoms with E-state index in [2.05, 4.69) is 22.0 Å². The quantitative estimate of drug-likeness (QED) is 0.739. The summed E-state index contributed by atoms with van der Waals surface area (Å²) in [7, 11) is -2.29. The number of hydrogen-bond donors (Lipinski definition) is 0. The Morgan fingerprint density at radius 3 is 2.41 bits per heavy atom. The second kappa shape index (κ2) is 8.60. The molecule has 1 aromatic heterocycles. The van der Waals surface area contributed by atoms with Crippen LogP contribution in [-0.2, 0) is 21.4 Å². The van der Waals surface area contributed by atoms with Gasteiger partial charge in [0.25, 0.3) is 0 Å². The predicted octanol–water partition coefficient (Wildman–Crippen LogP) is 1.05. The summed E-state index contributed by atoms with van der Waals surface area (Å²) < 4.78 is 26.1. The van der Waals surface area contributed by atoms with Gasteiger partial charge in [-0.05, 0) is 17.7 Å². The second-order valence-electron chi connectivity index (χ2n) is 6.59. The molecule has 0 spiro atoms. The zero-order valence-corrected chi connectivity index (χ0v) is 16.2. The fourth-order valence-corrected chi connectivity index (χ4v) is 4.14. The largest absolute Gasteiger partial charge is 0.339 e. The van der Waals surface area contributed by atoms with E-state index in [-0.39, 0.29) is 17.3 Å². The molecule has 1 aliphatic heterocycles. The van der Waals surface area contributed by atoms with Gasteiger partial charge in [0.2, 0.25) is 15.9 Å². The van der Waals surface area contributed by atoms with Gasteiger partial charge in [-0.25, -0.2) is 8.42 Å². The van der Waals surface area contributed by atoms with Gasteiger partial charge in [0, 0.05) is 52.2 Å². The first-order valence-electron chi connectivity index (χ1n) is 8.87. The first-order chi connectivity index (χ1) is 13.0. The standard InChI is InChI=1S/C19H24N4O3S/c1-21(27(25,26)18-8-5-9-20-14-18)16-19(24)23-12-10-22(11-13-23)15-17-6-3-2-4-7-17/h2-9,14H,10-13,15-16H2,1H3. The summed E-state index contributed by atoms with van der Waals surface area (Å²) in [6.45, 7) is 3.45. The summed E-state index contributed by atoms with van der Waals surface area (Å²) in [4.78, 5) is 20.5. The van der Waals surface area contributed by atoms with Crippen LogP contribution < -0.4 is 0 Å². The van der Waals surface area contributed by atoms with Crippen molar-refractivity contribution in [2.75, 3.05) is 39.8 Å². The van der Waals surface area contributed by atoms with E-state index in [9.17, 15) is 13.2 Å². The number of benzene rings is 1. The Morgan fingerprint density at radius 2 is 1.78 bits per heavy atom. The Labute approximate surface area is 160 Å². The first-order valence-corrected chi connectivity index (χ1v) is 10.3. The van der Waals surface area contributed by atoms with Gasteiger partial charge in [-0.15, -0.1) is 0 Å². The van der Waals surface area contributed by atoms with E-state index < -0.39 is 10.0 Å². The number of sulfonamides is 1. The molecule has 0 aliphatic carbocycles. The molecule has 1 amide bonds. The lowest BCUT2D eigenvalue weighted by atomic mass is 10.2. The lowest BCUT2D eigenvalue weighted by molar-refractivity contribution is -0.133. The average molecular weight is 388 g/mol. The molecule has 1 saturated heterocycles. The highest BCUT2D eigenvalue weighted by molar-refractivity contribution is 7.89. The van der Waals surface area contributed by atoms with Gasteiger partial charge < -0.3 is 4.90 Å². The fourth-order valence-electron chi connectivity index (χ4n) is 3.05. The predicted molar refractivity (Wildman–Crippen MR) is 102 cm³/mol. The molecule has 3 rings (SSSR count). The normalized spacial score (nSPS) is 15.9. The van der Waals surface area contributed by atoms with E-state index in [0.717, 1.165) is 23.9 Å². The maximum atomic E-state index is 12.5. The van der Waals surface area contributed by atoms with Crippen molar-refractivity contribution in [2.24, 2.45) is 0 Å². The van der Waals surface area contributed by atoms with Gasteiger partial charge in [-0.3, -0.25) is 14.7 Å². The van der Waals surface area contributed by atoms with Crippen LogP contribution in [0.25, 0.3) is 0 Å². The third-order valence-corrected chi connectivity index (χ3v) is 6.46. The zero-order valence-electron chi connectivity index (χ0n) is 15.4. The minimum Gasteiger partial charge on any atom is -0.339 e. The molecule has 1 aromatic carbocycles. The summed E-state index contributed by atoms with van der Waals surface area (Å²) in [5.74, 6) is -0.177. The first kappa shape index (κ1) is 19.5. The molecule has 2 aromatic rings. The lowest BCUT2D eigenvalue weighted by Crippen LogP contribution is -2.51. The summed E-state index contributed by atoms with van der Waals surface area (Å²) in [5.41, 5.74) is 1.25. The maximum Gasteiger partial charge on any atom is 0.244 e. The minimum atomic E-state index is -3.71. The molecule has 7 nitrogen and oxygen atoms in total. The van der Waals surface area contributed by atoms with E-state index in [1.807, 2.05) is 18.2 Å². The number of hydrogen-bond acceptors (Lipinski definition) is 5. The molecule has 2 heterocycles. The van der Waals surface area contributed by atoms with Crippen LogP contribution >= 0.6 is 0 Å². The molecule has 1 aliphatic rings. The van der Waals surface area contributed by atoms with E-state index in [1.54, 1.807) is 11.0 Å². The van der Waals surface area contributed by atoms with Gasteiger partial charge in [-0.2, -0.15) is 4.31 Å². The summed E-state index contributed by atoms with van der Waals surface area (Å²) >= 11 is 0. The number of piperazine rings is 1. The highest BCUT2D eigenvalue weighted by Crippen LogP contribution is 2.13. The number of pyridine rings is 1. The van der Waals surface area contributed by atoms with Gasteiger partial charge in [0.15, 0.2) is 0 Å². The Balaban J connectivity index is 1.52. The molecule has 144 valence electrons. The number of rotatable bonds is 6. The molecular weight excluding hydrogens is 364 g/mol. The Kier molecular flexibility index (Phi) is 6.20. The molecule has 0 atom stereocenters. The summed E-state index contributed by atoms with van der Waals surface area (Å²) in [6.07, 6.45) is 2.80. The maximum absolute atomic E-state index is 12.5. The van der Waals surface area contributed by atoms with Crippen molar-refractivity contribution in [3.05, 3.63) is 60.4 Å². The van der Waals surface area contributed by atoms with Crippen LogP contribution in [0.5, 0.6) is 0 Å². The van der Waals surface area contributed by atoms with E-state index in [4.69, 9.17) is 0 Å². The van der Waals surface area contributed by atoms with Crippen LogP contribution in [-0.4, -0.2) is 73.2 Å². The van der Waals surface area contributed by atoms with Crippen molar-refractivity contribution in [3.8, 4) is 0 Å². The van der Waals surface area contributed by atoms with Crippen molar-refractivity contribution in [1.82, 2.24) is 19.1 Å². The highest BCUT2D eigenvalue weighted by Gasteiger charge is 2.27. The van der Waals surface area contributed by atoms with Crippen LogP contribution in [0.15, 0.2) is 59.8 Å². The SMILES string of the molecule is CN(CC(=O)N1CCN(Cc2ccccc2)CC1)S(=O)(=O)c1cccnc1. The molecule has 0 N–H and O–H groups in total. The topological polar surface area (TPSA) is 73.8 Å². The van der Waals surface area contributed by atoms with Crippen LogP contribution in [0.1, 0.15) is 5.56 Å². The third-order valence-electron chi connectivity index (χ3n) is 4.67. The average Bonchev–Trinajstić information content (AvgIpc) is 2.70. The van der Waals surface area contributed by atoms with Crippen molar-refractivity contribution >= 4 is 15.9 Å². The molecule has 0 radical (unpaired) electrons. The van der Waals surface area contributed by atoms with Crippen molar-refractivity contribution in [3.63, 3.8) is 0 Å². The van der Waals surface area contributed by atoms with Gasteiger partial charge in [0.05, 0.1) is 6.54 Å². The second-order valence-corrected chi connectivity index (χ2v) is 8.64. The van der Waals surface area contributed by atoms with Gasteiger partial charge >= 0.3 is 0 Å². The number of likely N-dealkylation sites (N-methyl/N-ethyl adjacent to an activating group) is 1. The zero-order chi connectivity index (χ0) is 19.3. The molecule has 27 heavy (non-hydrogen) atoms. The molecule has 0 unspecified atom stereocenters. The number of amides is 1. The van der Waals surface area contributed by atoms with Gasteiger partial charge in [0.1, 0.15) is 4.90 Å². The third kappa shape index (κ3) is 4.91. The fraction of sp³-hybridized carbons (Fsp3) is 0.368. The van der Waals surface area contributed by atoms with E-state index >= 15 is 0 Å². The highest BCUT2D eigenvalue weighted by atomic mass is 32.2. The number of carbonyl (C=O) groups is 1. The van der Waals surface area contributed by atoms with Crippen LogP contribution in [0, 0.1) is 0 Å². The smallest absolute Gasteiger partial charge is 0.244 e. The van der Waals surface area contributed by atoms with E-state index in [1.165, 1.54) is 31.1 Å². The molecule has 0 saturated carbocycles. The molecule has 1 fully saturated rings. The number of aromatic nitrogens is 1. The lowest BCUT2D eigenvalue weighted by Gasteiger charge is -2.35. The van der Waals surface area contributed by atoms with E-state index in [0.29, 0.717) is 13.1 Å². The monoisotopic (exact) mass is 388 g/mol. The minimum absolute atomic E-state index is 0.0907. The molecular formula is C19H24N4O3S. The van der Waals surface area contributed by atoms with Crippen molar-refractivity contribution in [2.45, 2.75) is 11.4 Å². The number of nitrogens with zero attached hydrogens (tertiary/aromatic N) is 4.